The van der Waals surface area contributed by atoms with Gasteiger partial charge in [-0.3, -0.25) is 4.79 Å². The second-order valence-electron chi connectivity index (χ2n) is 5.98. The molecule has 1 rings (SSSR count). The molecule has 0 aromatic heterocycles. The summed E-state index contributed by atoms with van der Waals surface area (Å²) in [6, 6.07) is 0. The molecular formula is C18H32O. The van der Waals surface area contributed by atoms with Crippen molar-refractivity contribution in [1.82, 2.24) is 0 Å². The third kappa shape index (κ3) is 9.02. The van der Waals surface area contributed by atoms with E-state index in [0.29, 0.717) is 5.78 Å². The van der Waals surface area contributed by atoms with Gasteiger partial charge in [0.2, 0.25) is 0 Å². The van der Waals surface area contributed by atoms with Gasteiger partial charge in [0.1, 0.15) is 5.78 Å². The van der Waals surface area contributed by atoms with Crippen molar-refractivity contribution in [2.24, 2.45) is 0 Å². The highest BCUT2D eigenvalue weighted by Gasteiger charge is 2.03. The van der Waals surface area contributed by atoms with Crippen LogP contribution in [-0.2, 0) is 4.79 Å². The Labute approximate surface area is 119 Å². The number of carbonyl (C=O) groups excluding carboxylic acids is 1. The van der Waals surface area contributed by atoms with Gasteiger partial charge in [-0.2, -0.15) is 0 Å². The van der Waals surface area contributed by atoms with Crippen LogP contribution in [0, 0.1) is 0 Å². The molecule has 1 aliphatic rings. The monoisotopic (exact) mass is 264 g/mol. The van der Waals surface area contributed by atoms with Gasteiger partial charge in [-0.25, -0.2) is 0 Å². The van der Waals surface area contributed by atoms with Crippen molar-refractivity contribution in [2.45, 2.75) is 96.8 Å². The van der Waals surface area contributed by atoms with Gasteiger partial charge in [-0.05, 0) is 44.9 Å². The number of hydrogen-bond donors (Lipinski definition) is 0. The summed E-state index contributed by atoms with van der Waals surface area (Å²) < 4.78 is 0. The minimum absolute atomic E-state index is 0.500. The fraction of sp³-hybridized carbons (Fsp3) is 0.833. The van der Waals surface area contributed by atoms with Gasteiger partial charge in [0.25, 0.3) is 0 Å². The Hall–Kier alpha value is -0.590. The van der Waals surface area contributed by atoms with E-state index in [4.69, 9.17) is 0 Å². The quantitative estimate of drug-likeness (QED) is 0.533. The van der Waals surface area contributed by atoms with E-state index in [2.05, 4.69) is 13.0 Å². The Morgan fingerprint density at radius 2 is 1.32 bits per heavy atom. The van der Waals surface area contributed by atoms with Crippen LogP contribution in [0.1, 0.15) is 96.8 Å². The van der Waals surface area contributed by atoms with Gasteiger partial charge < -0.3 is 0 Å². The molecule has 0 N–H and O–H groups in total. The minimum Gasteiger partial charge on any atom is -0.300 e. The summed E-state index contributed by atoms with van der Waals surface area (Å²) >= 11 is 0. The fourth-order valence-corrected chi connectivity index (χ4v) is 2.88. The first-order valence-corrected chi connectivity index (χ1v) is 8.52. The van der Waals surface area contributed by atoms with Crippen LogP contribution in [0.15, 0.2) is 11.6 Å². The zero-order chi connectivity index (χ0) is 13.8. The van der Waals surface area contributed by atoms with Crippen molar-refractivity contribution in [3.05, 3.63) is 11.6 Å². The molecule has 0 radical (unpaired) electrons. The summed E-state index contributed by atoms with van der Waals surface area (Å²) in [5.74, 6) is 0.500. The molecule has 0 unspecified atom stereocenters. The summed E-state index contributed by atoms with van der Waals surface area (Å²) in [4.78, 5) is 11.6. The lowest BCUT2D eigenvalue weighted by Crippen LogP contribution is -1.97. The van der Waals surface area contributed by atoms with E-state index in [0.717, 1.165) is 25.7 Å². The highest BCUT2D eigenvalue weighted by molar-refractivity contribution is 5.78. The van der Waals surface area contributed by atoms with E-state index in [1.165, 1.54) is 64.2 Å². The summed E-state index contributed by atoms with van der Waals surface area (Å²) in [5, 5.41) is 0. The topological polar surface area (TPSA) is 17.1 Å². The van der Waals surface area contributed by atoms with Gasteiger partial charge in [0, 0.05) is 12.8 Å². The van der Waals surface area contributed by atoms with Crippen LogP contribution in [0.5, 0.6) is 0 Å². The van der Waals surface area contributed by atoms with Crippen molar-refractivity contribution in [1.29, 1.82) is 0 Å². The van der Waals surface area contributed by atoms with E-state index in [1.807, 2.05) is 0 Å². The number of ketones is 1. The summed E-state index contributed by atoms with van der Waals surface area (Å²) in [5.41, 5.74) is 1.67. The molecule has 0 atom stereocenters. The van der Waals surface area contributed by atoms with Gasteiger partial charge in [0.15, 0.2) is 0 Å². The minimum atomic E-state index is 0.500. The zero-order valence-electron chi connectivity index (χ0n) is 12.9. The normalized spacial score (nSPS) is 21.9. The van der Waals surface area contributed by atoms with Crippen molar-refractivity contribution in [3.8, 4) is 0 Å². The lowest BCUT2D eigenvalue weighted by Gasteiger charge is -2.07. The first-order valence-electron chi connectivity index (χ1n) is 8.52. The standard InChI is InChI=1S/C18H32O/c1-2-17-13-9-5-3-7-11-15-18(19)16-12-8-4-6-10-14-17/h13H,2-12,14-16H2,1H3. The molecular weight excluding hydrogens is 232 g/mol. The SMILES string of the molecule is CCC1=CCCCCCCC(=O)CCCCCCC1. The largest absolute Gasteiger partial charge is 0.300 e. The molecule has 110 valence electrons. The molecule has 1 aliphatic carbocycles. The summed E-state index contributed by atoms with van der Waals surface area (Å²) in [6.07, 6.45) is 19.2. The molecule has 0 bridgehead atoms. The average Bonchev–Trinajstić information content (AvgIpc) is 2.41. The van der Waals surface area contributed by atoms with Crippen molar-refractivity contribution in [2.75, 3.05) is 0 Å². The predicted octanol–water partition coefficient (Wildman–Crippen LogP) is 5.98. The molecule has 0 fully saturated rings. The third-order valence-corrected chi connectivity index (χ3v) is 4.25. The average molecular weight is 264 g/mol. The van der Waals surface area contributed by atoms with E-state index in [1.54, 1.807) is 5.57 Å². The van der Waals surface area contributed by atoms with Crippen LogP contribution in [0.2, 0.25) is 0 Å². The Morgan fingerprint density at radius 3 is 1.95 bits per heavy atom. The molecule has 0 saturated heterocycles. The molecule has 0 aromatic carbocycles. The van der Waals surface area contributed by atoms with Gasteiger partial charge >= 0.3 is 0 Å². The number of Topliss-reactive ketones (excluding diaryl/α,β-unsaturated/α-hetero) is 1. The number of hydrogen-bond acceptors (Lipinski definition) is 1. The highest BCUT2D eigenvalue weighted by Crippen LogP contribution is 2.17. The van der Waals surface area contributed by atoms with Crippen LogP contribution in [-0.4, -0.2) is 5.78 Å². The lowest BCUT2D eigenvalue weighted by atomic mass is 9.99. The van der Waals surface area contributed by atoms with Crippen LogP contribution < -0.4 is 0 Å². The Kier molecular flexibility index (Phi) is 9.75. The van der Waals surface area contributed by atoms with Crippen LogP contribution in [0.25, 0.3) is 0 Å². The van der Waals surface area contributed by atoms with Crippen molar-refractivity contribution >= 4 is 5.78 Å². The molecule has 0 spiro atoms. The lowest BCUT2D eigenvalue weighted by molar-refractivity contribution is -0.119. The maximum absolute atomic E-state index is 11.6. The van der Waals surface area contributed by atoms with E-state index in [-0.39, 0.29) is 0 Å². The first kappa shape index (κ1) is 16.5. The molecule has 0 aliphatic heterocycles. The van der Waals surface area contributed by atoms with Gasteiger partial charge in [-0.15, -0.1) is 0 Å². The smallest absolute Gasteiger partial charge is 0.132 e. The van der Waals surface area contributed by atoms with Crippen LogP contribution >= 0.6 is 0 Å². The molecule has 0 saturated carbocycles. The highest BCUT2D eigenvalue weighted by atomic mass is 16.1. The molecule has 1 heteroatoms. The molecule has 19 heavy (non-hydrogen) atoms. The van der Waals surface area contributed by atoms with Gasteiger partial charge in [0.05, 0.1) is 0 Å². The first-order chi connectivity index (χ1) is 9.33. The summed E-state index contributed by atoms with van der Waals surface area (Å²) in [6.45, 7) is 2.29. The second-order valence-corrected chi connectivity index (χ2v) is 5.98. The molecule has 0 heterocycles. The molecule has 0 amide bonds. The fourth-order valence-electron chi connectivity index (χ4n) is 2.88. The van der Waals surface area contributed by atoms with Crippen molar-refractivity contribution in [3.63, 3.8) is 0 Å². The number of allylic oxidation sites excluding steroid dienone is 2. The maximum Gasteiger partial charge on any atom is 0.132 e. The third-order valence-electron chi connectivity index (χ3n) is 4.25. The summed E-state index contributed by atoms with van der Waals surface area (Å²) in [7, 11) is 0. The van der Waals surface area contributed by atoms with Crippen molar-refractivity contribution < 1.29 is 4.79 Å². The zero-order valence-corrected chi connectivity index (χ0v) is 12.9. The van der Waals surface area contributed by atoms with Crippen LogP contribution in [0.4, 0.5) is 0 Å². The Bertz CT molecular complexity index is 265. The molecule has 1 nitrogen and oxygen atoms in total. The Balaban J connectivity index is 2.32. The maximum atomic E-state index is 11.6. The van der Waals surface area contributed by atoms with E-state index < -0.39 is 0 Å². The molecule has 0 aromatic rings. The number of carbonyl (C=O) groups is 1. The van der Waals surface area contributed by atoms with E-state index in [9.17, 15) is 4.79 Å². The Morgan fingerprint density at radius 1 is 0.789 bits per heavy atom. The number of rotatable bonds is 1. The second kappa shape index (κ2) is 11.3. The van der Waals surface area contributed by atoms with Crippen LogP contribution in [0.3, 0.4) is 0 Å². The van der Waals surface area contributed by atoms with E-state index >= 15 is 0 Å². The van der Waals surface area contributed by atoms with Gasteiger partial charge in [-0.1, -0.05) is 50.7 Å². The predicted molar refractivity (Wildman–Crippen MR) is 83.4 cm³/mol.